The first-order valence-electron chi connectivity index (χ1n) is 7.92. The normalized spacial score (nSPS) is 11.4. The third-order valence-electron chi connectivity index (χ3n) is 4.10. The first-order valence-corrected chi connectivity index (χ1v) is 7.92. The molecule has 126 valence electrons. The predicted octanol–water partition coefficient (Wildman–Crippen LogP) is 1.30. The lowest BCUT2D eigenvalue weighted by atomic mass is 10.3. The Balaban J connectivity index is 1.67. The Morgan fingerprint density at radius 1 is 1.04 bits per heavy atom. The lowest BCUT2D eigenvalue weighted by Gasteiger charge is -2.04. The van der Waals surface area contributed by atoms with Gasteiger partial charge in [0.2, 0.25) is 5.95 Å². The number of nitrogens with zero attached hydrogens (tertiary/aromatic N) is 7. The molecule has 0 amide bonds. The zero-order valence-corrected chi connectivity index (χ0v) is 13.4. The van der Waals surface area contributed by atoms with E-state index in [2.05, 4.69) is 29.9 Å². The molecule has 4 aromatic heterocycles. The molecular formula is C17H12N8O. The number of benzene rings is 1. The van der Waals surface area contributed by atoms with Gasteiger partial charge in [-0.05, 0) is 12.1 Å². The topological polar surface area (TPSA) is 107 Å². The smallest absolute Gasteiger partial charge is 0.303 e. The number of aromatic amines is 1. The maximum atomic E-state index is 12.3. The number of fused-ring (bicyclic) bond motifs is 2. The molecule has 0 bridgehead atoms. The van der Waals surface area contributed by atoms with E-state index in [-0.39, 0.29) is 12.2 Å². The molecule has 0 saturated heterocycles. The predicted molar refractivity (Wildman–Crippen MR) is 93.9 cm³/mol. The van der Waals surface area contributed by atoms with Crippen LogP contribution in [0.15, 0.2) is 60.2 Å². The fourth-order valence-corrected chi connectivity index (χ4v) is 2.89. The lowest BCUT2D eigenvalue weighted by Crippen LogP contribution is -2.18. The van der Waals surface area contributed by atoms with Crippen molar-refractivity contribution in [2.45, 2.75) is 6.54 Å². The van der Waals surface area contributed by atoms with Crippen molar-refractivity contribution in [1.29, 1.82) is 0 Å². The van der Waals surface area contributed by atoms with Crippen molar-refractivity contribution in [1.82, 2.24) is 39.0 Å². The van der Waals surface area contributed by atoms with Gasteiger partial charge in [-0.3, -0.25) is 19.1 Å². The molecule has 9 heteroatoms. The highest BCUT2D eigenvalue weighted by molar-refractivity contribution is 5.77. The summed E-state index contributed by atoms with van der Waals surface area (Å²) in [6, 6.07) is 7.72. The number of imidazole rings is 2. The summed E-state index contributed by atoms with van der Waals surface area (Å²) in [7, 11) is 0. The molecule has 5 rings (SSSR count). The van der Waals surface area contributed by atoms with Crippen LogP contribution in [0, 0.1) is 0 Å². The van der Waals surface area contributed by atoms with E-state index in [9.17, 15) is 4.79 Å². The molecule has 0 unspecified atom stereocenters. The first kappa shape index (κ1) is 14.5. The monoisotopic (exact) mass is 344 g/mol. The van der Waals surface area contributed by atoms with Crippen LogP contribution in [0.5, 0.6) is 0 Å². The zero-order valence-electron chi connectivity index (χ0n) is 13.4. The molecule has 0 aliphatic carbocycles. The van der Waals surface area contributed by atoms with Crippen LogP contribution in [-0.4, -0.2) is 39.0 Å². The van der Waals surface area contributed by atoms with Crippen LogP contribution < -0.4 is 5.69 Å². The van der Waals surface area contributed by atoms with Gasteiger partial charge in [-0.2, -0.15) is 4.98 Å². The fourth-order valence-electron chi connectivity index (χ4n) is 2.89. The van der Waals surface area contributed by atoms with Crippen molar-refractivity contribution in [3.63, 3.8) is 0 Å². The Kier molecular flexibility index (Phi) is 3.11. The maximum absolute atomic E-state index is 12.3. The summed E-state index contributed by atoms with van der Waals surface area (Å²) >= 11 is 0. The van der Waals surface area contributed by atoms with Crippen LogP contribution in [0.4, 0.5) is 0 Å². The highest BCUT2D eigenvalue weighted by Crippen LogP contribution is 2.17. The van der Waals surface area contributed by atoms with E-state index in [0.717, 1.165) is 11.0 Å². The van der Waals surface area contributed by atoms with Crippen LogP contribution >= 0.6 is 0 Å². The van der Waals surface area contributed by atoms with Crippen molar-refractivity contribution in [3.05, 3.63) is 71.6 Å². The van der Waals surface area contributed by atoms with Crippen LogP contribution in [-0.2, 0) is 6.54 Å². The van der Waals surface area contributed by atoms with Gasteiger partial charge in [0.15, 0.2) is 5.65 Å². The van der Waals surface area contributed by atoms with Gasteiger partial charge in [0, 0.05) is 12.4 Å². The molecule has 0 aliphatic heterocycles. The van der Waals surface area contributed by atoms with Crippen LogP contribution in [0.2, 0.25) is 0 Å². The molecule has 0 aliphatic rings. The molecule has 4 heterocycles. The number of para-hydroxylation sites is 2. The van der Waals surface area contributed by atoms with Gasteiger partial charge in [-0.15, -0.1) is 0 Å². The Labute approximate surface area is 146 Å². The lowest BCUT2D eigenvalue weighted by molar-refractivity contribution is 0.749. The van der Waals surface area contributed by atoms with E-state index in [0.29, 0.717) is 22.8 Å². The molecule has 9 nitrogen and oxygen atoms in total. The summed E-state index contributed by atoms with van der Waals surface area (Å²) in [6.45, 7) is 0.272. The van der Waals surface area contributed by atoms with Gasteiger partial charge in [-0.25, -0.2) is 14.8 Å². The second-order valence-corrected chi connectivity index (χ2v) is 5.72. The number of aromatic nitrogens is 8. The van der Waals surface area contributed by atoms with E-state index in [1.807, 2.05) is 24.3 Å². The van der Waals surface area contributed by atoms with E-state index in [1.54, 1.807) is 35.7 Å². The Morgan fingerprint density at radius 2 is 1.96 bits per heavy atom. The summed E-state index contributed by atoms with van der Waals surface area (Å²) < 4.78 is 3.31. The van der Waals surface area contributed by atoms with Crippen molar-refractivity contribution < 1.29 is 0 Å². The summed E-state index contributed by atoms with van der Waals surface area (Å²) in [4.78, 5) is 36.6. The molecule has 0 spiro atoms. The Hall–Kier alpha value is -3.88. The zero-order chi connectivity index (χ0) is 17.5. The molecule has 26 heavy (non-hydrogen) atoms. The van der Waals surface area contributed by atoms with Crippen molar-refractivity contribution >= 4 is 22.2 Å². The van der Waals surface area contributed by atoms with Crippen LogP contribution in [0.3, 0.4) is 0 Å². The Bertz CT molecular complexity index is 1280. The minimum absolute atomic E-state index is 0.271. The van der Waals surface area contributed by atoms with E-state index in [4.69, 9.17) is 0 Å². The minimum Gasteiger partial charge on any atom is -0.303 e. The number of hydrogen-bond acceptors (Lipinski definition) is 6. The van der Waals surface area contributed by atoms with Crippen LogP contribution in [0.1, 0.15) is 5.69 Å². The number of rotatable bonds is 3. The highest BCUT2D eigenvalue weighted by Gasteiger charge is 2.13. The van der Waals surface area contributed by atoms with E-state index < -0.39 is 0 Å². The highest BCUT2D eigenvalue weighted by atomic mass is 16.1. The maximum Gasteiger partial charge on any atom is 0.328 e. The second-order valence-electron chi connectivity index (χ2n) is 5.72. The molecule has 0 atom stereocenters. The molecule has 5 aromatic rings. The summed E-state index contributed by atoms with van der Waals surface area (Å²) in [5.41, 5.74) is 3.21. The van der Waals surface area contributed by atoms with Crippen molar-refractivity contribution in [2.75, 3.05) is 0 Å². The van der Waals surface area contributed by atoms with Crippen molar-refractivity contribution in [3.8, 4) is 5.95 Å². The molecule has 0 fully saturated rings. The summed E-state index contributed by atoms with van der Waals surface area (Å²) in [5.74, 6) is 0.443. The quantitative estimate of drug-likeness (QED) is 0.528. The third kappa shape index (κ3) is 2.25. The molecular weight excluding hydrogens is 332 g/mol. The van der Waals surface area contributed by atoms with E-state index in [1.165, 1.54) is 4.57 Å². The van der Waals surface area contributed by atoms with Gasteiger partial charge < -0.3 is 4.98 Å². The van der Waals surface area contributed by atoms with Gasteiger partial charge in [0.05, 0.1) is 35.7 Å². The van der Waals surface area contributed by atoms with Gasteiger partial charge >= 0.3 is 5.69 Å². The van der Waals surface area contributed by atoms with Gasteiger partial charge in [0.1, 0.15) is 11.8 Å². The molecule has 1 N–H and O–H groups in total. The molecule has 0 radical (unpaired) electrons. The molecule has 1 aromatic carbocycles. The number of hydrogen-bond donors (Lipinski definition) is 1. The number of nitrogens with one attached hydrogen (secondary N) is 1. The van der Waals surface area contributed by atoms with Gasteiger partial charge in [0.25, 0.3) is 0 Å². The third-order valence-corrected chi connectivity index (χ3v) is 4.10. The second kappa shape index (κ2) is 5.59. The molecule has 0 saturated carbocycles. The Morgan fingerprint density at radius 3 is 2.85 bits per heavy atom. The average molecular weight is 344 g/mol. The SMILES string of the molecule is O=c1[nH]c2cnc(-n3cnc4ccccc43)nc2n1Cc1cnccn1. The largest absolute Gasteiger partial charge is 0.328 e. The minimum atomic E-state index is -0.271. The summed E-state index contributed by atoms with van der Waals surface area (Å²) in [5, 5.41) is 0. The van der Waals surface area contributed by atoms with Gasteiger partial charge in [-0.1, -0.05) is 12.1 Å². The average Bonchev–Trinajstić information content (AvgIpc) is 3.24. The van der Waals surface area contributed by atoms with E-state index >= 15 is 0 Å². The van der Waals surface area contributed by atoms with Crippen molar-refractivity contribution in [2.24, 2.45) is 0 Å². The summed E-state index contributed by atoms with van der Waals surface area (Å²) in [6.07, 6.45) is 8.07. The first-order chi connectivity index (χ1) is 12.8. The number of H-pyrrole nitrogens is 1. The fraction of sp³-hybridized carbons (Fsp3) is 0.0588. The van der Waals surface area contributed by atoms with Crippen LogP contribution in [0.25, 0.3) is 28.1 Å². The standard InChI is InChI=1S/C17H12N8O/c26-17-22-13-8-20-16(25-10-21-12-3-1-2-4-14(12)25)23-15(13)24(17)9-11-7-18-5-6-19-11/h1-8,10H,9H2,(H,22,26).